The summed E-state index contributed by atoms with van der Waals surface area (Å²) in [6, 6.07) is 0. The molecule has 0 aromatic carbocycles. The summed E-state index contributed by atoms with van der Waals surface area (Å²) < 4.78 is 11.1. The van der Waals surface area contributed by atoms with Crippen molar-refractivity contribution < 1.29 is 29.0 Å². The van der Waals surface area contributed by atoms with Crippen molar-refractivity contribution in [1.29, 1.82) is 0 Å². The Bertz CT molecular complexity index is 743. The smallest absolute Gasteiger partial charge is 0.334 e. The summed E-state index contributed by atoms with van der Waals surface area (Å²) >= 11 is 0. The number of aliphatic hydroxyl groups excluding tert-OH is 1. The maximum atomic E-state index is 12.8. The quantitative estimate of drug-likeness (QED) is 0.596. The molecular formula is C20H24O6. The maximum absolute atomic E-state index is 12.8. The van der Waals surface area contributed by atoms with E-state index in [0.29, 0.717) is 0 Å². The molecule has 1 N–H and O–H groups in total. The summed E-state index contributed by atoms with van der Waals surface area (Å²) in [5.74, 6) is -2.88. The van der Waals surface area contributed by atoms with E-state index in [-0.39, 0.29) is 23.2 Å². The van der Waals surface area contributed by atoms with Crippen LogP contribution in [-0.4, -0.2) is 41.1 Å². The highest BCUT2D eigenvalue weighted by atomic mass is 16.6. The molecular weight excluding hydrogens is 336 g/mol. The molecule has 7 atom stereocenters. The first kappa shape index (κ1) is 18.6. The Balaban J connectivity index is 2.12. The van der Waals surface area contributed by atoms with Crippen LogP contribution in [0.1, 0.15) is 27.7 Å². The first-order valence-electron chi connectivity index (χ1n) is 8.75. The number of fused-ring (bicyclic) bond motifs is 2. The highest BCUT2D eigenvalue weighted by molar-refractivity contribution is 5.99. The van der Waals surface area contributed by atoms with Crippen molar-refractivity contribution >= 4 is 17.7 Å². The molecule has 26 heavy (non-hydrogen) atoms. The number of carbonyl (C=O) groups is 3. The normalized spacial score (nSPS) is 41.2. The van der Waals surface area contributed by atoms with Gasteiger partial charge in [0, 0.05) is 11.6 Å². The molecule has 140 valence electrons. The predicted octanol–water partition coefficient (Wildman–Crippen LogP) is 1.73. The number of hydrogen-bond acceptors (Lipinski definition) is 6. The fourth-order valence-corrected chi connectivity index (χ4v) is 4.51. The fraction of sp³-hybridized carbons (Fsp3) is 0.550. The van der Waals surface area contributed by atoms with Crippen molar-refractivity contribution in [2.45, 2.75) is 46.0 Å². The third kappa shape index (κ3) is 2.55. The summed E-state index contributed by atoms with van der Waals surface area (Å²) in [6.45, 7) is 10.8. The van der Waals surface area contributed by atoms with Crippen molar-refractivity contribution in [3.8, 4) is 0 Å². The van der Waals surface area contributed by atoms with Crippen LogP contribution in [0.5, 0.6) is 0 Å². The average molecular weight is 360 g/mol. The summed E-state index contributed by atoms with van der Waals surface area (Å²) in [4.78, 5) is 37.3. The van der Waals surface area contributed by atoms with Gasteiger partial charge in [-0.1, -0.05) is 25.2 Å². The zero-order valence-electron chi connectivity index (χ0n) is 15.4. The van der Waals surface area contributed by atoms with Gasteiger partial charge in [0.15, 0.2) is 5.78 Å². The Kier molecular flexibility index (Phi) is 4.43. The highest BCUT2D eigenvalue weighted by Gasteiger charge is 2.64. The Morgan fingerprint density at radius 2 is 2.04 bits per heavy atom. The van der Waals surface area contributed by atoms with Crippen LogP contribution in [0, 0.1) is 23.2 Å². The van der Waals surface area contributed by atoms with Crippen molar-refractivity contribution in [2.24, 2.45) is 23.2 Å². The standard InChI is InChI=1S/C20H24O6/c1-9(2)8-14(22)25-18-15-11(4)19(24)26-17(15)16(23)10(3)12-6-7-13(21)20(12,18)5/h6-8,10,12,15-18,23H,4H2,1-3,5H3/t10-,12-,15-,16+,17-,18+,20+/m0/s1. The molecule has 2 aliphatic carbocycles. The van der Waals surface area contributed by atoms with Crippen LogP contribution in [-0.2, 0) is 23.9 Å². The zero-order chi connectivity index (χ0) is 19.4. The van der Waals surface area contributed by atoms with E-state index in [1.165, 1.54) is 12.2 Å². The molecule has 1 heterocycles. The van der Waals surface area contributed by atoms with Crippen LogP contribution in [0.2, 0.25) is 0 Å². The number of carbonyl (C=O) groups excluding carboxylic acids is 3. The number of rotatable bonds is 2. The number of aliphatic hydroxyl groups is 1. The summed E-state index contributed by atoms with van der Waals surface area (Å²) in [6.07, 6.45) is 1.72. The molecule has 0 unspecified atom stereocenters. The summed E-state index contributed by atoms with van der Waals surface area (Å²) in [5.41, 5.74) is -0.219. The second kappa shape index (κ2) is 6.20. The Labute approximate surface area is 152 Å². The first-order valence-corrected chi connectivity index (χ1v) is 8.75. The van der Waals surface area contributed by atoms with Crippen molar-refractivity contribution in [3.05, 3.63) is 36.0 Å². The third-order valence-corrected chi connectivity index (χ3v) is 5.95. The number of ketones is 1. The molecule has 0 aromatic rings. The molecule has 0 aromatic heterocycles. The minimum absolute atomic E-state index is 0.123. The van der Waals surface area contributed by atoms with Crippen molar-refractivity contribution in [2.75, 3.05) is 0 Å². The van der Waals surface area contributed by atoms with Gasteiger partial charge in [-0.3, -0.25) is 4.79 Å². The van der Waals surface area contributed by atoms with E-state index in [9.17, 15) is 19.5 Å². The minimum Gasteiger partial charge on any atom is -0.457 e. The van der Waals surface area contributed by atoms with E-state index in [0.717, 1.165) is 5.57 Å². The lowest BCUT2D eigenvalue weighted by Gasteiger charge is -2.39. The molecule has 0 amide bonds. The van der Waals surface area contributed by atoms with Gasteiger partial charge in [-0.05, 0) is 38.7 Å². The van der Waals surface area contributed by atoms with Crippen molar-refractivity contribution in [3.63, 3.8) is 0 Å². The van der Waals surface area contributed by atoms with E-state index in [1.807, 2.05) is 6.92 Å². The van der Waals surface area contributed by atoms with E-state index < -0.39 is 41.6 Å². The predicted molar refractivity (Wildman–Crippen MR) is 92.7 cm³/mol. The topological polar surface area (TPSA) is 89.9 Å². The summed E-state index contributed by atoms with van der Waals surface area (Å²) in [5, 5.41) is 10.8. The molecule has 6 heteroatoms. The Morgan fingerprint density at radius 3 is 2.65 bits per heavy atom. The number of hydrogen-bond donors (Lipinski definition) is 1. The number of allylic oxidation sites excluding steroid dienone is 3. The van der Waals surface area contributed by atoms with E-state index >= 15 is 0 Å². The van der Waals surface area contributed by atoms with Crippen LogP contribution in [0.4, 0.5) is 0 Å². The van der Waals surface area contributed by atoms with Crippen LogP contribution in [0.3, 0.4) is 0 Å². The van der Waals surface area contributed by atoms with E-state index in [2.05, 4.69) is 6.58 Å². The molecule has 1 aliphatic heterocycles. The van der Waals surface area contributed by atoms with Crippen LogP contribution >= 0.6 is 0 Å². The van der Waals surface area contributed by atoms with Gasteiger partial charge in [-0.2, -0.15) is 0 Å². The van der Waals surface area contributed by atoms with Gasteiger partial charge in [-0.15, -0.1) is 0 Å². The van der Waals surface area contributed by atoms with E-state index in [4.69, 9.17) is 9.47 Å². The van der Waals surface area contributed by atoms with Gasteiger partial charge >= 0.3 is 11.9 Å². The fourth-order valence-electron chi connectivity index (χ4n) is 4.51. The molecule has 2 fully saturated rings. The lowest BCUT2D eigenvalue weighted by atomic mass is 9.67. The molecule has 1 saturated carbocycles. The largest absolute Gasteiger partial charge is 0.457 e. The Hall–Kier alpha value is -2.21. The molecule has 0 radical (unpaired) electrons. The number of ether oxygens (including phenoxy) is 2. The van der Waals surface area contributed by atoms with Crippen LogP contribution in [0.25, 0.3) is 0 Å². The second-order valence-corrected chi connectivity index (χ2v) is 7.88. The Morgan fingerprint density at radius 1 is 1.38 bits per heavy atom. The van der Waals surface area contributed by atoms with Gasteiger partial charge in [0.2, 0.25) is 0 Å². The monoisotopic (exact) mass is 360 g/mol. The molecule has 0 spiro atoms. The van der Waals surface area contributed by atoms with Crippen LogP contribution < -0.4 is 0 Å². The SMILES string of the molecule is C=C1C(=O)O[C@@H]2[C@H](O)[C@@H](C)[C@@H]3C=CC(=O)[C@]3(C)[C@H](OC(=O)C=C(C)C)[C@@H]12. The lowest BCUT2D eigenvalue weighted by Crippen LogP contribution is -2.49. The molecule has 0 bridgehead atoms. The third-order valence-electron chi connectivity index (χ3n) is 5.95. The highest BCUT2D eigenvalue weighted by Crippen LogP contribution is 2.54. The maximum Gasteiger partial charge on any atom is 0.334 e. The summed E-state index contributed by atoms with van der Waals surface area (Å²) in [7, 11) is 0. The van der Waals surface area contributed by atoms with Crippen LogP contribution in [0.15, 0.2) is 36.0 Å². The minimum atomic E-state index is -1.10. The van der Waals surface area contributed by atoms with Gasteiger partial charge in [0.25, 0.3) is 0 Å². The first-order chi connectivity index (χ1) is 12.1. The molecule has 6 nitrogen and oxygen atoms in total. The lowest BCUT2D eigenvalue weighted by molar-refractivity contribution is -0.160. The molecule has 3 aliphatic rings. The number of esters is 2. The van der Waals surface area contributed by atoms with Gasteiger partial charge in [0.05, 0.1) is 17.4 Å². The second-order valence-electron chi connectivity index (χ2n) is 7.88. The van der Waals surface area contributed by atoms with Gasteiger partial charge in [-0.25, -0.2) is 9.59 Å². The molecule has 1 saturated heterocycles. The average Bonchev–Trinajstić information content (AvgIpc) is 2.99. The molecule has 3 rings (SSSR count). The van der Waals surface area contributed by atoms with E-state index in [1.54, 1.807) is 26.8 Å². The zero-order valence-corrected chi connectivity index (χ0v) is 15.4. The van der Waals surface area contributed by atoms with Gasteiger partial charge < -0.3 is 14.6 Å². The van der Waals surface area contributed by atoms with Crippen molar-refractivity contribution in [1.82, 2.24) is 0 Å². The van der Waals surface area contributed by atoms with Gasteiger partial charge in [0.1, 0.15) is 12.2 Å².